The number of carbonyl (C=O) groups is 1. The van der Waals surface area contributed by atoms with E-state index in [-0.39, 0.29) is 5.91 Å². The number of rotatable bonds is 5. The minimum absolute atomic E-state index is 0.0627. The van der Waals surface area contributed by atoms with E-state index in [2.05, 4.69) is 19.2 Å². The highest BCUT2D eigenvalue weighted by Crippen LogP contribution is 2.32. The topological polar surface area (TPSA) is 29.1 Å². The Balaban J connectivity index is 2.09. The number of hydrogen-bond acceptors (Lipinski definition) is 2. The fourth-order valence-electron chi connectivity index (χ4n) is 1.89. The fourth-order valence-corrected chi connectivity index (χ4v) is 3.17. The molecule has 0 saturated heterocycles. The molecule has 2 nitrogen and oxygen atoms in total. The first kappa shape index (κ1) is 15.2. The van der Waals surface area contributed by atoms with E-state index in [1.54, 1.807) is 0 Å². The Labute approximate surface area is 128 Å². The van der Waals surface area contributed by atoms with E-state index in [9.17, 15) is 4.79 Å². The molecule has 106 valence electrons. The lowest BCUT2D eigenvalue weighted by molar-refractivity contribution is -0.118. The minimum atomic E-state index is 0.0627. The summed E-state index contributed by atoms with van der Waals surface area (Å²) in [5.41, 5.74) is 0. The van der Waals surface area contributed by atoms with Gasteiger partial charge in [0, 0.05) is 21.8 Å². The lowest BCUT2D eigenvalue weighted by Crippen LogP contribution is -2.28. The third kappa shape index (κ3) is 3.90. The highest BCUT2D eigenvalue weighted by Gasteiger charge is 2.08. The largest absolute Gasteiger partial charge is 0.355 e. The molecule has 0 aliphatic rings. The van der Waals surface area contributed by atoms with Gasteiger partial charge in [-0.1, -0.05) is 49.7 Å². The summed E-state index contributed by atoms with van der Waals surface area (Å²) >= 11 is 7.79. The summed E-state index contributed by atoms with van der Waals surface area (Å²) in [4.78, 5) is 12.8. The third-order valence-corrected chi connectivity index (χ3v) is 4.25. The van der Waals surface area contributed by atoms with Gasteiger partial charge >= 0.3 is 0 Å². The van der Waals surface area contributed by atoms with Crippen LogP contribution in [0.2, 0.25) is 5.02 Å². The van der Waals surface area contributed by atoms with Crippen LogP contribution >= 0.6 is 23.4 Å². The predicted octanol–water partition coefficient (Wildman–Crippen LogP) is 4.36. The second-order valence-electron chi connectivity index (χ2n) is 5.08. The number of hydrogen-bond donors (Lipinski definition) is 1. The molecule has 0 bridgehead atoms. The van der Waals surface area contributed by atoms with Crippen molar-refractivity contribution in [2.45, 2.75) is 18.7 Å². The second-order valence-corrected chi connectivity index (χ2v) is 6.51. The van der Waals surface area contributed by atoms with E-state index in [0.29, 0.717) is 11.7 Å². The summed E-state index contributed by atoms with van der Waals surface area (Å²) in [6.45, 7) is 4.88. The van der Waals surface area contributed by atoms with Gasteiger partial charge in [0.15, 0.2) is 0 Å². The van der Waals surface area contributed by atoms with Crippen LogP contribution in [0.5, 0.6) is 0 Å². The van der Waals surface area contributed by atoms with Crippen molar-refractivity contribution < 1.29 is 4.79 Å². The number of amides is 1. The van der Waals surface area contributed by atoms with Crippen LogP contribution in [-0.4, -0.2) is 18.2 Å². The molecule has 0 radical (unpaired) electrons. The smallest absolute Gasteiger partial charge is 0.230 e. The molecule has 20 heavy (non-hydrogen) atoms. The highest BCUT2D eigenvalue weighted by molar-refractivity contribution is 8.00. The van der Waals surface area contributed by atoms with Gasteiger partial charge in [0.2, 0.25) is 5.91 Å². The maximum Gasteiger partial charge on any atom is 0.230 e. The van der Waals surface area contributed by atoms with Crippen molar-refractivity contribution in [3.05, 3.63) is 41.4 Å². The van der Waals surface area contributed by atoms with Crippen LogP contribution in [0.3, 0.4) is 0 Å². The first-order valence-corrected chi connectivity index (χ1v) is 8.01. The average Bonchev–Trinajstić information content (AvgIpc) is 2.43. The molecule has 0 aromatic heterocycles. The first-order valence-electron chi connectivity index (χ1n) is 6.64. The number of carbonyl (C=O) groups excluding carboxylic acids is 1. The monoisotopic (exact) mass is 307 g/mol. The van der Waals surface area contributed by atoms with Crippen molar-refractivity contribution in [2.24, 2.45) is 5.92 Å². The van der Waals surface area contributed by atoms with Crippen LogP contribution in [0.25, 0.3) is 10.8 Å². The van der Waals surface area contributed by atoms with E-state index < -0.39 is 0 Å². The molecule has 1 N–H and O–H groups in total. The van der Waals surface area contributed by atoms with Crippen LogP contribution < -0.4 is 5.32 Å². The molecular weight excluding hydrogens is 290 g/mol. The van der Waals surface area contributed by atoms with Gasteiger partial charge in [-0.3, -0.25) is 4.79 Å². The van der Waals surface area contributed by atoms with E-state index in [0.717, 1.165) is 27.2 Å². The molecule has 2 aromatic carbocycles. The SMILES string of the molecule is CC(C)CNC(=O)CSc1cccc2cccc(Cl)c12. The van der Waals surface area contributed by atoms with E-state index in [1.165, 1.54) is 11.8 Å². The Morgan fingerprint density at radius 2 is 1.95 bits per heavy atom. The quantitative estimate of drug-likeness (QED) is 0.832. The Morgan fingerprint density at radius 1 is 1.25 bits per heavy atom. The van der Waals surface area contributed by atoms with Crippen LogP contribution in [0.4, 0.5) is 0 Å². The van der Waals surface area contributed by atoms with Crippen molar-refractivity contribution in [3.8, 4) is 0 Å². The fraction of sp³-hybridized carbons (Fsp3) is 0.312. The Bertz CT molecular complexity index is 607. The van der Waals surface area contributed by atoms with Crippen molar-refractivity contribution in [1.82, 2.24) is 5.32 Å². The van der Waals surface area contributed by atoms with Gasteiger partial charge in [0.05, 0.1) is 5.75 Å². The second kappa shape index (κ2) is 7.00. The van der Waals surface area contributed by atoms with Gasteiger partial charge in [-0.05, 0) is 23.4 Å². The summed E-state index contributed by atoms with van der Waals surface area (Å²) in [6.07, 6.45) is 0. The zero-order valence-corrected chi connectivity index (χ0v) is 13.2. The van der Waals surface area contributed by atoms with Crippen molar-refractivity contribution in [3.63, 3.8) is 0 Å². The summed E-state index contributed by atoms with van der Waals surface area (Å²) in [6, 6.07) is 11.9. The molecule has 0 aliphatic heterocycles. The van der Waals surface area contributed by atoms with E-state index in [4.69, 9.17) is 11.6 Å². The molecule has 2 aromatic rings. The molecule has 0 unspecified atom stereocenters. The van der Waals surface area contributed by atoms with Crippen LogP contribution in [0, 0.1) is 5.92 Å². The maximum atomic E-state index is 11.8. The van der Waals surface area contributed by atoms with Crippen LogP contribution in [0.1, 0.15) is 13.8 Å². The number of halogens is 1. The van der Waals surface area contributed by atoms with Gasteiger partial charge < -0.3 is 5.32 Å². The minimum Gasteiger partial charge on any atom is -0.355 e. The standard InChI is InChI=1S/C16H18ClNOS/c1-11(2)9-18-15(19)10-20-14-8-4-6-12-5-3-7-13(17)16(12)14/h3-8,11H,9-10H2,1-2H3,(H,18,19). The molecule has 2 rings (SSSR count). The predicted molar refractivity (Wildman–Crippen MR) is 87.5 cm³/mol. The van der Waals surface area contributed by atoms with Gasteiger partial charge in [0.25, 0.3) is 0 Å². The molecule has 0 fully saturated rings. The Hall–Kier alpha value is -1.19. The number of thioether (sulfide) groups is 1. The molecule has 4 heteroatoms. The molecule has 0 spiro atoms. The van der Waals surface area contributed by atoms with Gasteiger partial charge in [-0.15, -0.1) is 11.8 Å². The Morgan fingerprint density at radius 3 is 2.65 bits per heavy atom. The summed E-state index contributed by atoms with van der Waals surface area (Å²) in [5.74, 6) is 0.945. The summed E-state index contributed by atoms with van der Waals surface area (Å²) < 4.78 is 0. The lowest BCUT2D eigenvalue weighted by Gasteiger charge is -2.09. The lowest BCUT2D eigenvalue weighted by atomic mass is 10.1. The van der Waals surface area contributed by atoms with Crippen LogP contribution in [-0.2, 0) is 4.79 Å². The number of nitrogens with one attached hydrogen (secondary N) is 1. The molecule has 1 amide bonds. The first-order chi connectivity index (χ1) is 9.58. The molecule has 0 saturated carbocycles. The van der Waals surface area contributed by atoms with E-state index in [1.807, 2.05) is 36.4 Å². The molecule has 0 heterocycles. The normalized spacial score (nSPS) is 11.0. The van der Waals surface area contributed by atoms with Gasteiger partial charge in [0.1, 0.15) is 0 Å². The average molecular weight is 308 g/mol. The summed E-state index contributed by atoms with van der Waals surface area (Å²) in [7, 11) is 0. The zero-order valence-electron chi connectivity index (χ0n) is 11.7. The zero-order chi connectivity index (χ0) is 14.5. The Kier molecular flexibility index (Phi) is 5.32. The van der Waals surface area contributed by atoms with Crippen molar-refractivity contribution >= 4 is 40.0 Å². The van der Waals surface area contributed by atoms with Crippen molar-refractivity contribution in [2.75, 3.05) is 12.3 Å². The van der Waals surface area contributed by atoms with Gasteiger partial charge in [-0.25, -0.2) is 0 Å². The molecule has 0 aliphatic carbocycles. The third-order valence-electron chi connectivity index (χ3n) is 2.88. The van der Waals surface area contributed by atoms with Crippen molar-refractivity contribution in [1.29, 1.82) is 0 Å². The summed E-state index contributed by atoms with van der Waals surface area (Å²) in [5, 5.41) is 5.78. The van der Waals surface area contributed by atoms with Gasteiger partial charge in [-0.2, -0.15) is 0 Å². The highest BCUT2D eigenvalue weighted by atomic mass is 35.5. The molecular formula is C16H18ClNOS. The molecule has 0 atom stereocenters. The number of benzene rings is 2. The van der Waals surface area contributed by atoms with E-state index >= 15 is 0 Å². The maximum absolute atomic E-state index is 11.8. The number of fused-ring (bicyclic) bond motifs is 1. The van der Waals surface area contributed by atoms with Crippen LogP contribution in [0.15, 0.2) is 41.3 Å².